The van der Waals surface area contributed by atoms with E-state index >= 15 is 0 Å². The predicted molar refractivity (Wildman–Crippen MR) is 61.9 cm³/mol. The number of alkyl halides is 3. The number of thiophene rings is 1. The molecule has 0 fully saturated rings. The molecule has 2 aromatic heterocycles. The Bertz CT molecular complexity index is 653. The molecule has 2 heterocycles. The van der Waals surface area contributed by atoms with Crippen LogP contribution in [-0.2, 0) is 6.54 Å². The van der Waals surface area contributed by atoms with Gasteiger partial charge in [-0.15, -0.1) is 11.3 Å². The fraction of sp³-hybridized carbons (Fsp3) is 0.333. The van der Waals surface area contributed by atoms with Crippen molar-refractivity contribution in [2.24, 2.45) is 0 Å². The summed E-state index contributed by atoms with van der Waals surface area (Å²) in [7, 11) is 0. The van der Waals surface area contributed by atoms with E-state index in [4.69, 9.17) is 12.2 Å². The highest BCUT2D eigenvalue weighted by atomic mass is 32.1. The van der Waals surface area contributed by atoms with Crippen molar-refractivity contribution in [1.82, 2.24) is 9.55 Å². The van der Waals surface area contributed by atoms with Crippen LogP contribution >= 0.6 is 23.6 Å². The minimum atomic E-state index is -4.30. The van der Waals surface area contributed by atoms with Crippen LogP contribution in [0.3, 0.4) is 0 Å². The summed E-state index contributed by atoms with van der Waals surface area (Å²) >= 11 is 6.04. The van der Waals surface area contributed by atoms with Crippen LogP contribution in [-0.4, -0.2) is 15.7 Å². The highest BCUT2D eigenvalue weighted by Gasteiger charge is 2.27. The normalized spacial score (nSPS) is 12.2. The molecule has 0 radical (unpaired) electrons. The first kappa shape index (κ1) is 12.3. The van der Waals surface area contributed by atoms with E-state index in [1.165, 1.54) is 11.3 Å². The summed E-state index contributed by atoms with van der Waals surface area (Å²) in [6, 6.07) is 1.67. The summed E-state index contributed by atoms with van der Waals surface area (Å²) in [5, 5.41) is 1.69. The van der Waals surface area contributed by atoms with Crippen LogP contribution in [0.25, 0.3) is 10.2 Å². The van der Waals surface area contributed by atoms with Crippen LogP contribution < -0.4 is 5.56 Å². The molecule has 0 aliphatic carbocycles. The average molecular weight is 280 g/mol. The highest BCUT2D eigenvalue weighted by Crippen LogP contribution is 2.20. The lowest BCUT2D eigenvalue weighted by atomic mass is 10.4. The van der Waals surface area contributed by atoms with Crippen molar-refractivity contribution < 1.29 is 13.2 Å². The predicted octanol–water partition coefficient (Wildman–Crippen LogP) is 3.07. The van der Waals surface area contributed by atoms with E-state index < -0.39 is 24.7 Å². The van der Waals surface area contributed by atoms with Crippen LogP contribution in [0.5, 0.6) is 0 Å². The standard InChI is InChI=1S/C9H7F3N2OS2/c10-9(11,12)2-3-14-7(15)6-5(1-4-17-6)13-8(14)16/h1,4H,2-3H2,(H,13,16). The van der Waals surface area contributed by atoms with E-state index in [1.54, 1.807) is 11.4 Å². The number of hydrogen-bond acceptors (Lipinski definition) is 3. The molecule has 0 bridgehead atoms. The van der Waals surface area contributed by atoms with E-state index in [0.717, 1.165) is 4.57 Å². The smallest absolute Gasteiger partial charge is 0.331 e. The Morgan fingerprint density at radius 3 is 2.82 bits per heavy atom. The summed E-state index contributed by atoms with van der Waals surface area (Å²) in [5.74, 6) is 0. The Hall–Kier alpha value is -1.15. The summed E-state index contributed by atoms with van der Waals surface area (Å²) < 4.78 is 37.7. The number of halogens is 3. The Morgan fingerprint density at radius 1 is 1.47 bits per heavy atom. The fourth-order valence-corrected chi connectivity index (χ4v) is 2.49. The first-order chi connectivity index (χ1) is 7.88. The largest absolute Gasteiger partial charge is 0.390 e. The molecule has 3 nitrogen and oxygen atoms in total. The van der Waals surface area contributed by atoms with Gasteiger partial charge in [-0.1, -0.05) is 0 Å². The number of fused-ring (bicyclic) bond motifs is 1. The zero-order valence-corrected chi connectivity index (χ0v) is 10.0. The lowest BCUT2D eigenvalue weighted by Crippen LogP contribution is -2.24. The molecular formula is C9H7F3N2OS2. The number of nitrogens with zero attached hydrogens (tertiary/aromatic N) is 1. The highest BCUT2D eigenvalue weighted by molar-refractivity contribution is 7.71. The maximum absolute atomic E-state index is 12.1. The first-order valence-corrected chi connectivity index (χ1v) is 5.94. The minimum Gasteiger partial charge on any atom is -0.331 e. The number of rotatable bonds is 2. The number of aromatic amines is 1. The van der Waals surface area contributed by atoms with Crippen LogP contribution in [0.15, 0.2) is 16.2 Å². The number of hydrogen-bond donors (Lipinski definition) is 1. The van der Waals surface area contributed by atoms with Gasteiger partial charge in [0.1, 0.15) is 4.70 Å². The molecule has 1 N–H and O–H groups in total. The van der Waals surface area contributed by atoms with Gasteiger partial charge in [0.2, 0.25) is 0 Å². The van der Waals surface area contributed by atoms with Crippen molar-refractivity contribution in [3.05, 3.63) is 26.6 Å². The Balaban J connectivity index is 2.47. The quantitative estimate of drug-likeness (QED) is 0.858. The van der Waals surface area contributed by atoms with Crippen LogP contribution in [0.2, 0.25) is 0 Å². The third kappa shape index (κ3) is 2.58. The van der Waals surface area contributed by atoms with Crippen molar-refractivity contribution in [3.63, 3.8) is 0 Å². The van der Waals surface area contributed by atoms with Gasteiger partial charge in [0.05, 0.1) is 11.9 Å². The topological polar surface area (TPSA) is 37.8 Å². The van der Waals surface area contributed by atoms with E-state index in [2.05, 4.69) is 4.98 Å². The Kier molecular flexibility index (Phi) is 3.09. The second kappa shape index (κ2) is 4.26. The van der Waals surface area contributed by atoms with Crippen molar-refractivity contribution in [2.45, 2.75) is 19.1 Å². The van der Waals surface area contributed by atoms with Gasteiger partial charge < -0.3 is 4.98 Å². The van der Waals surface area contributed by atoms with E-state index in [1.807, 2.05) is 0 Å². The third-order valence-corrected chi connectivity index (χ3v) is 3.44. The van der Waals surface area contributed by atoms with Gasteiger partial charge in [-0.3, -0.25) is 9.36 Å². The van der Waals surface area contributed by atoms with Crippen LogP contribution in [0, 0.1) is 4.77 Å². The molecule has 0 aliphatic heterocycles. The molecule has 0 aliphatic rings. The molecule has 0 amide bonds. The molecule has 92 valence electrons. The molecule has 2 rings (SSSR count). The molecule has 0 saturated heterocycles. The van der Waals surface area contributed by atoms with Crippen LogP contribution in [0.4, 0.5) is 13.2 Å². The van der Waals surface area contributed by atoms with Gasteiger partial charge in [-0.2, -0.15) is 13.2 Å². The second-order valence-corrected chi connectivity index (χ2v) is 4.72. The van der Waals surface area contributed by atoms with Gasteiger partial charge in [-0.05, 0) is 23.7 Å². The monoisotopic (exact) mass is 280 g/mol. The Labute approximate surface area is 103 Å². The first-order valence-electron chi connectivity index (χ1n) is 4.65. The molecule has 0 spiro atoms. The van der Waals surface area contributed by atoms with E-state index in [9.17, 15) is 18.0 Å². The van der Waals surface area contributed by atoms with Crippen molar-refractivity contribution >= 4 is 33.8 Å². The molecule has 8 heteroatoms. The molecule has 0 atom stereocenters. The van der Waals surface area contributed by atoms with Crippen LogP contribution in [0.1, 0.15) is 6.42 Å². The summed E-state index contributed by atoms with van der Waals surface area (Å²) in [6.07, 6.45) is -5.37. The molecule has 17 heavy (non-hydrogen) atoms. The number of H-pyrrole nitrogens is 1. The number of aromatic nitrogens is 2. The van der Waals surface area contributed by atoms with Gasteiger partial charge in [0.25, 0.3) is 5.56 Å². The third-order valence-electron chi connectivity index (χ3n) is 2.21. The second-order valence-electron chi connectivity index (χ2n) is 3.42. The maximum Gasteiger partial charge on any atom is 0.390 e. The zero-order chi connectivity index (χ0) is 12.6. The summed E-state index contributed by atoms with van der Waals surface area (Å²) in [6.45, 7) is -0.453. The molecular weight excluding hydrogens is 273 g/mol. The zero-order valence-electron chi connectivity index (χ0n) is 8.37. The van der Waals surface area contributed by atoms with Gasteiger partial charge in [0, 0.05) is 6.54 Å². The summed E-state index contributed by atoms with van der Waals surface area (Å²) in [5.41, 5.74) is 0.0938. The van der Waals surface area contributed by atoms with Gasteiger partial charge in [-0.25, -0.2) is 0 Å². The van der Waals surface area contributed by atoms with E-state index in [-0.39, 0.29) is 4.77 Å². The van der Waals surface area contributed by atoms with Crippen molar-refractivity contribution in [3.8, 4) is 0 Å². The molecule has 0 aromatic carbocycles. The SMILES string of the molecule is O=c1c2sccc2[nH]c(=S)n1CCC(F)(F)F. The van der Waals surface area contributed by atoms with Crippen molar-refractivity contribution in [1.29, 1.82) is 0 Å². The lowest BCUT2D eigenvalue weighted by molar-refractivity contribution is -0.136. The Morgan fingerprint density at radius 2 is 2.18 bits per heavy atom. The minimum absolute atomic E-state index is 0.0187. The average Bonchev–Trinajstić information content (AvgIpc) is 2.63. The van der Waals surface area contributed by atoms with Gasteiger partial charge >= 0.3 is 6.18 Å². The lowest BCUT2D eigenvalue weighted by Gasteiger charge is -2.08. The summed E-state index contributed by atoms with van der Waals surface area (Å²) in [4.78, 5) is 14.6. The fourth-order valence-electron chi connectivity index (χ4n) is 1.41. The molecule has 0 saturated carbocycles. The molecule has 0 unspecified atom stereocenters. The van der Waals surface area contributed by atoms with Crippen molar-refractivity contribution in [2.75, 3.05) is 0 Å². The molecule has 2 aromatic rings. The van der Waals surface area contributed by atoms with E-state index in [0.29, 0.717) is 10.2 Å². The number of nitrogens with one attached hydrogen (secondary N) is 1. The van der Waals surface area contributed by atoms with Gasteiger partial charge in [0.15, 0.2) is 4.77 Å². The maximum atomic E-state index is 12.1.